The number of hydrogen-bond donors (Lipinski definition) is 1. The highest BCUT2D eigenvalue weighted by molar-refractivity contribution is 7.89. The number of para-hydroxylation sites is 1. The topological polar surface area (TPSA) is 81.9 Å². The molecule has 0 heterocycles. The Bertz CT molecular complexity index is 776. The highest BCUT2D eigenvalue weighted by Gasteiger charge is 2.07. The number of sulfonamides is 1. The molecule has 0 unspecified atom stereocenters. The number of ether oxygens (including phenoxy) is 2. The summed E-state index contributed by atoms with van der Waals surface area (Å²) in [6, 6.07) is 14.0. The first-order chi connectivity index (χ1) is 11.9. The van der Waals surface area contributed by atoms with Gasteiger partial charge >= 0.3 is 0 Å². The standard InChI is InChI=1S/C18H24N2O4S/c1-15-5-3-4-6-18(15)24-14-12-20(2)11-13-23-16-7-9-17(10-8-16)25(19,21)22/h3-10H,11-14H2,1-2H3,(H2,19,21,22). The first-order valence-electron chi connectivity index (χ1n) is 7.99. The second-order valence-electron chi connectivity index (χ2n) is 5.78. The van der Waals surface area contributed by atoms with Crippen LogP contribution in [0.3, 0.4) is 0 Å². The minimum absolute atomic E-state index is 0.0744. The summed E-state index contributed by atoms with van der Waals surface area (Å²) >= 11 is 0. The van der Waals surface area contributed by atoms with Crippen LogP contribution in [-0.4, -0.2) is 46.7 Å². The number of aryl methyl sites for hydroxylation is 1. The number of nitrogens with two attached hydrogens (primary N) is 1. The first kappa shape index (κ1) is 19.2. The number of benzene rings is 2. The molecule has 7 heteroatoms. The van der Waals surface area contributed by atoms with Gasteiger partial charge in [-0.2, -0.15) is 0 Å². The Balaban J connectivity index is 1.68. The Labute approximate surface area is 149 Å². The maximum atomic E-state index is 11.2. The lowest BCUT2D eigenvalue weighted by Gasteiger charge is -2.18. The van der Waals surface area contributed by atoms with Gasteiger partial charge in [0.15, 0.2) is 0 Å². The van der Waals surface area contributed by atoms with Crippen LogP contribution in [0.25, 0.3) is 0 Å². The Kier molecular flexibility index (Phi) is 6.81. The zero-order valence-electron chi connectivity index (χ0n) is 14.5. The normalized spacial score (nSPS) is 11.5. The molecule has 0 radical (unpaired) electrons. The number of hydrogen-bond acceptors (Lipinski definition) is 5. The molecule has 0 aliphatic rings. The van der Waals surface area contributed by atoms with Gasteiger partial charge in [-0.25, -0.2) is 13.6 Å². The summed E-state index contributed by atoms with van der Waals surface area (Å²) in [6.45, 7) is 4.63. The summed E-state index contributed by atoms with van der Waals surface area (Å²) < 4.78 is 33.8. The monoisotopic (exact) mass is 364 g/mol. The van der Waals surface area contributed by atoms with E-state index >= 15 is 0 Å². The fourth-order valence-corrected chi connectivity index (χ4v) is 2.70. The van der Waals surface area contributed by atoms with E-state index in [4.69, 9.17) is 14.6 Å². The van der Waals surface area contributed by atoms with E-state index in [-0.39, 0.29) is 4.90 Å². The van der Waals surface area contributed by atoms with Crippen molar-refractivity contribution in [2.45, 2.75) is 11.8 Å². The molecule has 0 fully saturated rings. The molecule has 0 amide bonds. The molecule has 0 aliphatic heterocycles. The molecule has 2 aromatic rings. The molecule has 0 saturated carbocycles. The Morgan fingerprint density at radius 3 is 2.16 bits per heavy atom. The quantitative estimate of drug-likeness (QED) is 0.736. The average Bonchev–Trinajstić information content (AvgIpc) is 2.56. The van der Waals surface area contributed by atoms with Gasteiger partial charge in [0.1, 0.15) is 24.7 Å². The molecule has 6 nitrogen and oxygen atoms in total. The molecule has 2 aromatic carbocycles. The minimum atomic E-state index is -3.67. The largest absolute Gasteiger partial charge is 0.492 e. The van der Waals surface area contributed by atoms with Gasteiger partial charge in [0, 0.05) is 13.1 Å². The second-order valence-corrected chi connectivity index (χ2v) is 7.34. The third-order valence-electron chi connectivity index (χ3n) is 3.72. The molecule has 0 saturated heterocycles. The van der Waals surface area contributed by atoms with E-state index in [1.807, 2.05) is 38.2 Å². The van der Waals surface area contributed by atoms with Gasteiger partial charge in [-0.15, -0.1) is 0 Å². The van der Waals surface area contributed by atoms with E-state index in [9.17, 15) is 8.42 Å². The fraction of sp³-hybridized carbons (Fsp3) is 0.333. The molecular formula is C18H24N2O4S. The third kappa shape index (κ3) is 6.38. The van der Waals surface area contributed by atoms with Crippen LogP contribution in [0.5, 0.6) is 11.5 Å². The van der Waals surface area contributed by atoms with Crippen molar-refractivity contribution in [3.05, 3.63) is 54.1 Å². The van der Waals surface area contributed by atoms with Crippen molar-refractivity contribution in [2.24, 2.45) is 5.14 Å². The van der Waals surface area contributed by atoms with Gasteiger partial charge in [0.2, 0.25) is 10.0 Å². The van der Waals surface area contributed by atoms with Crippen molar-refractivity contribution < 1.29 is 17.9 Å². The Morgan fingerprint density at radius 2 is 1.56 bits per heavy atom. The van der Waals surface area contributed by atoms with Crippen LogP contribution in [0.15, 0.2) is 53.4 Å². The molecular weight excluding hydrogens is 340 g/mol. The van der Waals surface area contributed by atoms with E-state index in [0.717, 1.165) is 24.4 Å². The summed E-state index contributed by atoms with van der Waals surface area (Å²) in [5.41, 5.74) is 1.12. The van der Waals surface area contributed by atoms with Gasteiger partial charge < -0.3 is 9.47 Å². The summed E-state index contributed by atoms with van der Waals surface area (Å²) in [5, 5.41) is 5.06. The minimum Gasteiger partial charge on any atom is -0.492 e. The second kappa shape index (κ2) is 8.84. The van der Waals surface area contributed by atoms with E-state index in [1.165, 1.54) is 12.1 Å². The predicted octanol–water partition coefficient (Wildman–Crippen LogP) is 2.03. The fourth-order valence-electron chi connectivity index (χ4n) is 2.19. The number of rotatable bonds is 9. The Hall–Kier alpha value is -2.09. The van der Waals surface area contributed by atoms with Gasteiger partial charge in [-0.1, -0.05) is 18.2 Å². The molecule has 0 aliphatic carbocycles. The van der Waals surface area contributed by atoms with E-state index in [1.54, 1.807) is 12.1 Å². The van der Waals surface area contributed by atoms with Crippen LogP contribution in [0.1, 0.15) is 5.56 Å². The van der Waals surface area contributed by atoms with Gasteiger partial charge in [-0.05, 0) is 49.9 Å². The third-order valence-corrected chi connectivity index (χ3v) is 4.65. The highest BCUT2D eigenvalue weighted by atomic mass is 32.2. The van der Waals surface area contributed by atoms with Crippen molar-refractivity contribution >= 4 is 10.0 Å². The van der Waals surface area contributed by atoms with Crippen LogP contribution >= 0.6 is 0 Å². The molecule has 0 aromatic heterocycles. The summed E-state index contributed by atoms with van der Waals surface area (Å²) in [6.07, 6.45) is 0. The maximum Gasteiger partial charge on any atom is 0.238 e. The molecule has 0 atom stereocenters. The summed E-state index contributed by atoms with van der Waals surface area (Å²) in [5.74, 6) is 1.51. The van der Waals surface area contributed by atoms with E-state index < -0.39 is 10.0 Å². The molecule has 2 rings (SSSR count). The SMILES string of the molecule is Cc1ccccc1OCCN(C)CCOc1ccc(S(N)(=O)=O)cc1. The van der Waals surface area contributed by atoms with Crippen LogP contribution in [0.4, 0.5) is 0 Å². The van der Waals surface area contributed by atoms with Crippen molar-refractivity contribution in [1.29, 1.82) is 0 Å². The zero-order valence-corrected chi connectivity index (χ0v) is 15.3. The van der Waals surface area contributed by atoms with E-state index in [2.05, 4.69) is 4.90 Å². The summed E-state index contributed by atoms with van der Waals surface area (Å²) in [4.78, 5) is 2.18. The van der Waals surface area contributed by atoms with Crippen LogP contribution < -0.4 is 14.6 Å². The highest BCUT2D eigenvalue weighted by Crippen LogP contribution is 2.16. The van der Waals surface area contributed by atoms with Gasteiger partial charge in [-0.3, -0.25) is 4.90 Å². The number of likely N-dealkylation sites (N-methyl/N-ethyl adjacent to an activating group) is 1. The Morgan fingerprint density at radius 1 is 0.960 bits per heavy atom. The number of primary sulfonamides is 1. The molecule has 2 N–H and O–H groups in total. The number of nitrogens with zero attached hydrogens (tertiary/aromatic N) is 1. The van der Waals surface area contributed by atoms with Crippen LogP contribution in [0.2, 0.25) is 0 Å². The lowest BCUT2D eigenvalue weighted by Crippen LogP contribution is -2.28. The van der Waals surface area contributed by atoms with Crippen molar-refractivity contribution in [1.82, 2.24) is 4.90 Å². The smallest absolute Gasteiger partial charge is 0.238 e. The lowest BCUT2D eigenvalue weighted by atomic mass is 10.2. The van der Waals surface area contributed by atoms with Crippen molar-refractivity contribution in [3.63, 3.8) is 0 Å². The lowest BCUT2D eigenvalue weighted by molar-refractivity contribution is 0.201. The molecule has 25 heavy (non-hydrogen) atoms. The van der Waals surface area contributed by atoms with E-state index in [0.29, 0.717) is 19.0 Å². The first-order valence-corrected chi connectivity index (χ1v) is 9.53. The van der Waals surface area contributed by atoms with Gasteiger partial charge in [0.25, 0.3) is 0 Å². The van der Waals surface area contributed by atoms with Crippen LogP contribution in [-0.2, 0) is 10.0 Å². The van der Waals surface area contributed by atoms with Crippen molar-refractivity contribution in [3.8, 4) is 11.5 Å². The molecule has 136 valence electrons. The molecule has 0 spiro atoms. The van der Waals surface area contributed by atoms with Crippen LogP contribution in [0, 0.1) is 6.92 Å². The molecule has 0 bridgehead atoms. The summed E-state index contributed by atoms with van der Waals surface area (Å²) in [7, 11) is -1.67. The van der Waals surface area contributed by atoms with Crippen molar-refractivity contribution in [2.75, 3.05) is 33.4 Å². The maximum absolute atomic E-state index is 11.2. The average molecular weight is 364 g/mol. The predicted molar refractivity (Wildman–Crippen MR) is 97.5 cm³/mol. The van der Waals surface area contributed by atoms with Gasteiger partial charge in [0.05, 0.1) is 4.90 Å². The zero-order chi connectivity index (χ0) is 18.3.